The van der Waals surface area contributed by atoms with Crippen molar-refractivity contribution in [3.8, 4) is 0 Å². The maximum absolute atomic E-state index is 12.5. The predicted molar refractivity (Wildman–Crippen MR) is 87.3 cm³/mol. The molecular weight excluding hydrogens is 362 g/mol. The largest absolute Gasteiger partial charge is 0.478 e. The SMILES string of the molecule is Cc1oc(CNC(=O)C2(c3ccc(Br)cc3)CC2)cc1C(=O)O. The Labute approximate surface area is 141 Å². The van der Waals surface area contributed by atoms with E-state index in [4.69, 9.17) is 9.52 Å². The Morgan fingerprint density at radius 3 is 2.48 bits per heavy atom. The molecule has 2 N–H and O–H groups in total. The number of carboxylic acids is 1. The number of carbonyl (C=O) groups is 2. The highest BCUT2D eigenvalue weighted by Gasteiger charge is 2.51. The molecule has 5 nitrogen and oxygen atoms in total. The van der Waals surface area contributed by atoms with E-state index >= 15 is 0 Å². The van der Waals surface area contributed by atoms with Crippen LogP contribution < -0.4 is 5.32 Å². The Morgan fingerprint density at radius 1 is 1.30 bits per heavy atom. The number of furan rings is 1. The van der Waals surface area contributed by atoms with Crippen LogP contribution in [0.25, 0.3) is 0 Å². The minimum atomic E-state index is -1.03. The molecule has 0 aliphatic heterocycles. The third-order valence-electron chi connectivity index (χ3n) is 4.20. The summed E-state index contributed by atoms with van der Waals surface area (Å²) in [6.45, 7) is 1.78. The lowest BCUT2D eigenvalue weighted by atomic mass is 9.95. The normalized spacial score (nSPS) is 15.2. The van der Waals surface area contributed by atoms with Gasteiger partial charge in [0.1, 0.15) is 17.1 Å². The van der Waals surface area contributed by atoms with Gasteiger partial charge in [-0.05, 0) is 43.5 Å². The number of hydrogen-bond donors (Lipinski definition) is 2. The molecular formula is C17H16BrNO4. The number of aryl methyl sites for hydroxylation is 1. The zero-order valence-corrected chi connectivity index (χ0v) is 14.1. The number of halogens is 1. The van der Waals surface area contributed by atoms with Gasteiger partial charge in [-0.2, -0.15) is 0 Å². The van der Waals surface area contributed by atoms with E-state index in [1.807, 2.05) is 24.3 Å². The molecule has 0 radical (unpaired) electrons. The van der Waals surface area contributed by atoms with E-state index in [0.29, 0.717) is 11.5 Å². The molecule has 0 saturated heterocycles. The lowest BCUT2D eigenvalue weighted by Crippen LogP contribution is -2.34. The van der Waals surface area contributed by atoms with Gasteiger partial charge in [0.25, 0.3) is 0 Å². The summed E-state index contributed by atoms with van der Waals surface area (Å²) in [6, 6.07) is 9.22. The summed E-state index contributed by atoms with van der Waals surface area (Å²) < 4.78 is 6.36. The molecule has 120 valence electrons. The quantitative estimate of drug-likeness (QED) is 0.836. The first-order valence-corrected chi connectivity index (χ1v) is 8.09. The number of aromatic carboxylic acids is 1. The molecule has 0 spiro atoms. The second kappa shape index (κ2) is 5.85. The van der Waals surface area contributed by atoms with E-state index in [9.17, 15) is 9.59 Å². The number of carbonyl (C=O) groups excluding carboxylic acids is 1. The predicted octanol–water partition coefficient (Wildman–Crippen LogP) is 3.40. The molecule has 3 rings (SSSR count). The number of amides is 1. The van der Waals surface area contributed by atoms with Gasteiger partial charge in [0.05, 0.1) is 12.0 Å². The maximum Gasteiger partial charge on any atom is 0.339 e. The highest BCUT2D eigenvalue weighted by molar-refractivity contribution is 9.10. The van der Waals surface area contributed by atoms with E-state index in [-0.39, 0.29) is 18.0 Å². The molecule has 23 heavy (non-hydrogen) atoms. The van der Waals surface area contributed by atoms with Gasteiger partial charge in [-0.25, -0.2) is 4.79 Å². The first-order valence-electron chi connectivity index (χ1n) is 7.29. The van der Waals surface area contributed by atoms with Crippen LogP contribution in [0.1, 0.15) is 40.3 Å². The summed E-state index contributed by atoms with van der Waals surface area (Å²) in [4.78, 5) is 23.5. The molecule has 0 atom stereocenters. The minimum Gasteiger partial charge on any atom is -0.478 e. The standard InChI is InChI=1S/C17H16BrNO4/c1-10-14(15(20)21)8-13(23-10)9-19-16(22)17(6-7-17)11-2-4-12(18)5-3-11/h2-5,8H,6-7,9H2,1H3,(H,19,22)(H,20,21). The molecule has 1 aliphatic carbocycles. The van der Waals surface area contributed by atoms with Crippen LogP contribution in [0.15, 0.2) is 39.2 Å². The fourth-order valence-corrected chi connectivity index (χ4v) is 2.98. The van der Waals surface area contributed by atoms with Crippen LogP contribution in [0.4, 0.5) is 0 Å². The van der Waals surface area contributed by atoms with Crippen LogP contribution in [0.2, 0.25) is 0 Å². The third-order valence-corrected chi connectivity index (χ3v) is 4.73. The molecule has 2 aromatic rings. The molecule has 1 aromatic carbocycles. The second-order valence-electron chi connectivity index (χ2n) is 5.76. The topological polar surface area (TPSA) is 79.5 Å². The van der Waals surface area contributed by atoms with Crippen molar-refractivity contribution in [1.29, 1.82) is 0 Å². The molecule has 0 bridgehead atoms. The van der Waals surface area contributed by atoms with Crippen LogP contribution in [0, 0.1) is 6.92 Å². The summed E-state index contributed by atoms with van der Waals surface area (Å²) in [6.07, 6.45) is 1.63. The van der Waals surface area contributed by atoms with Crippen molar-refractivity contribution in [1.82, 2.24) is 5.32 Å². The first-order chi connectivity index (χ1) is 10.9. The zero-order chi connectivity index (χ0) is 16.6. The smallest absolute Gasteiger partial charge is 0.339 e. The van der Waals surface area contributed by atoms with Gasteiger partial charge in [0, 0.05) is 4.47 Å². The fraction of sp³-hybridized carbons (Fsp3) is 0.294. The van der Waals surface area contributed by atoms with E-state index < -0.39 is 11.4 Å². The highest BCUT2D eigenvalue weighted by Crippen LogP contribution is 2.48. The van der Waals surface area contributed by atoms with Crippen molar-refractivity contribution >= 4 is 27.8 Å². The first kappa shape index (κ1) is 15.8. The van der Waals surface area contributed by atoms with Crippen LogP contribution in [0.3, 0.4) is 0 Å². The second-order valence-corrected chi connectivity index (χ2v) is 6.68. The lowest BCUT2D eigenvalue weighted by molar-refractivity contribution is -0.123. The number of rotatable bonds is 5. The molecule has 1 fully saturated rings. The van der Waals surface area contributed by atoms with Gasteiger partial charge in [-0.15, -0.1) is 0 Å². The Hall–Kier alpha value is -2.08. The molecule has 6 heteroatoms. The number of hydrogen-bond acceptors (Lipinski definition) is 3. The van der Waals surface area contributed by atoms with Crippen molar-refractivity contribution < 1.29 is 19.1 Å². The molecule has 0 unspecified atom stereocenters. The third kappa shape index (κ3) is 3.03. The average molecular weight is 378 g/mol. The van der Waals surface area contributed by atoms with Crippen molar-refractivity contribution in [3.63, 3.8) is 0 Å². The lowest BCUT2D eigenvalue weighted by Gasteiger charge is -2.15. The van der Waals surface area contributed by atoms with E-state index in [1.54, 1.807) is 6.92 Å². The summed E-state index contributed by atoms with van der Waals surface area (Å²) in [5.41, 5.74) is 0.668. The van der Waals surface area contributed by atoms with Crippen LogP contribution in [-0.4, -0.2) is 17.0 Å². The monoisotopic (exact) mass is 377 g/mol. The Morgan fingerprint density at radius 2 is 1.96 bits per heavy atom. The van der Waals surface area contributed by atoms with Gasteiger partial charge in [-0.3, -0.25) is 4.79 Å². The van der Waals surface area contributed by atoms with E-state index in [0.717, 1.165) is 22.9 Å². The molecule has 1 heterocycles. The van der Waals surface area contributed by atoms with Crippen molar-refractivity contribution in [2.45, 2.75) is 31.7 Å². The van der Waals surface area contributed by atoms with E-state index in [1.165, 1.54) is 6.07 Å². The fourth-order valence-electron chi connectivity index (χ4n) is 2.72. The van der Waals surface area contributed by atoms with Crippen LogP contribution in [-0.2, 0) is 16.8 Å². The molecule has 1 amide bonds. The Kier molecular flexibility index (Phi) is 4.02. The maximum atomic E-state index is 12.5. The molecule has 1 saturated carbocycles. The Bertz CT molecular complexity index is 759. The van der Waals surface area contributed by atoms with Gasteiger partial charge < -0.3 is 14.8 Å². The molecule has 1 aromatic heterocycles. The minimum absolute atomic E-state index is 0.0502. The van der Waals surface area contributed by atoms with Crippen molar-refractivity contribution in [2.24, 2.45) is 0 Å². The van der Waals surface area contributed by atoms with Gasteiger partial charge in [-0.1, -0.05) is 28.1 Å². The number of carboxylic acid groups (broad SMARTS) is 1. The summed E-state index contributed by atoms with van der Waals surface area (Å²) >= 11 is 3.39. The van der Waals surface area contributed by atoms with Crippen LogP contribution >= 0.6 is 15.9 Å². The zero-order valence-electron chi connectivity index (χ0n) is 12.6. The summed E-state index contributed by atoms with van der Waals surface area (Å²) in [5, 5.41) is 11.9. The Balaban J connectivity index is 1.69. The summed E-state index contributed by atoms with van der Waals surface area (Å²) in [7, 11) is 0. The van der Waals surface area contributed by atoms with E-state index in [2.05, 4.69) is 21.2 Å². The van der Waals surface area contributed by atoms with Crippen molar-refractivity contribution in [3.05, 3.63) is 57.5 Å². The van der Waals surface area contributed by atoms with Gasteiger partial charge >= 0.3 is 5.97 Å². The average Bonchev–Trinajstić information content (AvgIpc) is 3.23. The van der Waals surface area contributed by atoms with Gasteiger partial charge in [0.15, 0.2) is 0 Å². The van der Waals surface area contributed by atoms with Crippen LogP contribution in [0.5, 0.6) is 0 Å². The van der Waals surface area contributed by atoms with Gasteiger partial charge in [0.2, 0.25) is 5.91 Å². The summed E-state index contributed by atoms with van der Waals surface area (Å²) in [5.74, 6) is -0.293. The molecule has 1 aliphatic rings. The van der Waals surface area contributed by atoms with Crippen molar-refractivity contribution in [2.75, 3.05) is 0 Å². The number of benzene rings is 1. The highest BCUT2D eigenvalue weighted by atomic mass is 79.9. The number of nitrogens with one attached hydrogen (secondary N) is 1.